The number of carbonyl (C=O) groups is 1. The summed E-state index contributed by atoms with van der Waals surface area (Å²) in [5.41, 5.74) is 5.14. The molecule has 0 spiro atoms. The van der Waals surface area contributed by atoms with E-state index < -0.39 is 0 Å². The van der Waals surface area contributed by atoms with Crippen molar-refractivity contribution in [2.45, 2.75) is 19.5 Å². The standard InChI is InChI=1S/C25H29N3O4/c1-30-24-14-18(6-7-23(24)32-17-25(29)28-10-12-31-13-11-28)15-27-9-8-20-19-4-2-3-5-21(19)26-22(20)16-27/h2-7,14,26H,8-13,15-17H2,1H3. The Balaban J connectivity index is 1.22. The summed E-state index contributed by atoms with van der Waals surface area (Å²) in [5, 5.41) is 1.34. The van der Waals surface area contributed by atoms with Gasteiger partial charge in [0.1, 0.15) is 0 Å². The lowest BCUT2D eigenvalue weighted by molar-refractivity contribution is -0.137. The van der Waals surface area contributed by atoms with E-state index >= 15 is 0 Å². The van der Waals surface area contributed by atoms with Gasteiger partial charge in [0.05, 0.1) is 20.3 Å². The van der Waals surface area contributed by atoms with E-state index in [9.17, 15) is 4.79 Å². The maximum Gasteiger partial charge on any atom is 0.260 e. The zero-order chi connectivity index (χ0) is 21.9. The number of benzene rings is 2. The van der Waals surface area contributed by atoms with E-state index in [-0.39, 0.29) is 12.5 Å². The topological polar surface area (TPSA) is 67.0 Å². The smallest absolute Gasteiger partial charge is 0.260 e. The van der Waals surface area contributed by atoms with Crippen molar-refractivity contribution in [1.82, 2.24) is 14.8 Å². The lowest BCUT2D eigenvalue weighted by Gasteiger charge is -2.27. The van der Waals surface area contributed by atoms with Gasteiger partial charge in [0, 0.05) is 49.3 Å². The zero-order valence-corrected chi connectivity index (χ0v) is 18.4. The molecule has 0 bridgehead atoms. The van der Waals surface area contributed by atoms with E-state index in [1.54, 1.807) is 12.0 Å². The number of rotatable bonds is 6. The number of hydrogen-bond donors (Lipinski definition) is 1. The van der Waals surface area contributed by atoms with Gasteiger partial charge in [-0.1, -0.05) is 24.3 Å². The number of aromatic amines is 1. The van der Waals surface area contributed by atoms with Crippen molar-refractivity contribution < 1.29 is 19.0 Å². The first-order valence-electron chi connectivity index (χ1n) is 11.2. The molecule has 0 saturated carbocycles. The molecule has 2 aromatic carbocycles. The van der Waals surface area contributed by atoms with Crippen LogP contribution < -0.4 is 9.47 Å². The van der Waals surface area contributed by atoms with Gasteiger partial charge in [0.25, 0.3) is 5.91 Å². The van der Waals surface area contributed by atoms with Crippen molar-refractivity contribution in [3.8, 4) is 11.5 Å². The van der Waals surface area contributed by atoms with Crippen LogP contribution in [0, 0.1) is 0 Å². The fraction of sp³-hybridized carbons (Fsp3) is 0.400. The van der Waals surface area contributed by atoms with Crippen LogP contribution in [0.5, 0.6) is 11.5 Å². The van der Waals surface area contributed by atoms with Crippen molar-refractivity contribution in [2.24, 2.45) is 0 Å². The highest BCUT2D eigenvalue weighted by Crippen LogP contribution is 2.31. The Bertz CT molecular complexity index is 1100. The van der Waals surface area contributed by atoms with Crippen molar-refractivity contribution in [3.05, 3.63) is 59.3 Å². The average Bonchev–Trinajstić information content (AvgIpc) is 3.21. The van der Waals surface area contributed by atoms with Gasteiger partial charge in [-0.05, 0) is 35.7 Å². The van der Waals surface area contributed by atoms with E-state index in [0.717, 1.165) is 31.6 Å². The minimum Gasteiger partial charge on any atom is -0.493 e. The third kappa shape index (κ3) is 4.31. The molecule has 1 saturated heterocycles. The predicted octanol–water partition coefficient (Wildman–Crippen LogP) is 2.97. The highest BCUT2D eigenvalue weighted by molar-refractivity contribution is 5.84. The first kappa shape index (κ1) is 20.8. The van der Waals surface area contributed by atoms with Crippen molar-refractivity contribution in [3.63, 3.8) is 0 Å². The van der Waals surface area contributed by atoms with E-state index in [0.29, 0.717) is 37.8 Å². The minimum atomic E-state index is -0.0260. The molecular weight excluding hydrogens is 406 g/mol. The number of morpholine rings is 1. The number of hydrogen-bond acceptors (Lipinski definition) is 5. The molecule has 2 aliphatic heterocycles. The van der Waals surface area contributed by atoms with Gasteiger partial charge < -0.3 is 24.1 Å². The molecule has 1 aromatic heterocycles. The lowest BCUT2D eigenvalue weighted by atomic mass is 10.0. The van der Waals surface area contributed by atoms with E-state index in [2.05, 4.69) is 40.2 Å². The fourth-order valence-corrected chi connectivity index (χ4v) is 4.62. The lowest BCUT2D eigenvalue weighted by Crippen LogP contribution is -2.43. The summed E-state index contributed by atoms with van der Waals surface area (Å²) in [6.07, 6.45) is 1.04. The van der Waals surface area contributed by atoms with Crippen LogP contribution in [0.1, 0.15) is 16.8 Å². The number of carbonyl (C=O) groups excluding carboxylic acids is 1. The molecule has 2 aliphatic rings. The van der Waals surface area contributed by atoms with Crippen LogP contribution >= 0.6 is 0 Å². The highest BCUT2D eigenvalue weighted by atomic mass is 16.5. The minimum absolute atomic E-state index is 0.00495. The number of nitrogens with one attached hydrogen (secondary N) is 1. The molecule has 3 heterocycles. The summed E-state index contributed by atoms with van der Waals surface area (Å²) < 4.78 is 16.6. The number of aromatic nitrogens is 1. The fourth-order valence-electron chi connectivity index (χ4n) is 4.62. The van der Waals surface area contributed by atoms with Crippen LogP contribution in [0.4, 0.5) is 0 Å². The Morgan fingerprint density at radius 2 is 1.94 bits per heavy atom. The Morgan fingerprint density at radius 3 is 2.78 bits per heavy atom. The normalized spacial score (nSPS) is 16.7. The quantitative estimate of drug-likeness (QED) is 0.645. The third-order valence-corrected chi connectivity index (χ3v) is 6.31. The maximum atomic E-state index is 12.4. The molecule has 7 heteroatoms. The Morgan fingerprint density at radius 1 is 1.09 bits per heavy atom. The Kier molecular flexibility index (Phi) is 6.01. The second-order valence-electron chi connectivity index (χ2n) is 8.36. The molecule has 0 aliphatic carbocycles. The Hall–Kier alpha value is -3.03. The number of fused-ring (bicyclic) bond motifs is 3. The molecule has 0 unspecified atom stereocenters. The van der Waals surface area contributed by atoms with Gasteiger partial charge in [-0.2, -0.15) is 0 Å². The summed E-state index contributed by atoms with van der Waals surface area (Å²) in [7, 11) is 1.63. The molecule has 5 rings (SSSR count). The SMILES string of the molecule is COc1cc(CN2CCc3c([nH]c4ccccc34)C2)ccc1OCC(=O)N1CCOCC1. The van der Waals surface area contributed by atoms with Crippen LogP contribution in [0.25, 0.3) is 10.9 Å². The molecule has 168 valence electrons. The molecule has 7 nitrogen and oxygen atoms in total. The second-order valence-corrected chi connectivity index (χ2v) is 8.36. The largest absolute Gasteiger partial charge is 0.493 e. The maximum absolute atomic E-state index is 12.4. The van der Waals surface area contributed by atoms with Gasteiger partial charge in [-0.15, -0.1) is 0 Å². The summed E-state index contributed by atoms with van der Waals surface area (Å²) in [6.45, 7) is 5.16. The number of ether oxygens (including phenoxy) is 3. The van der Waals surface area contributed by atoms with Gasteiger partial charge in [-0.3, -0.25) is 9.69 Å². The van der Waals surface area contributed by atoms with Gasteiger partial charge in [0.15, 0.2) is 18.1 Å². The monoisotopic (exact) mass is 435 g/mol. The molecule has 1 fully saturated rings. The van der Waals surface area contributed by atoms with Gasteiger partial charge >= 0.3 is 0 Å². The third-order valence-electron chi connectivity index (χ3n) is 6.31. The molecule has 0 radical (unpaired) electrons. The highest BCUT2D eigenvalue weighted by Gasteiger charge is 2.21. The summed E-state index contributed by atoms with van der Waals surface area (Å²) in [6, 6.07) is 14.5. The van der Waals surface area contributed by atoms with Crippen LogP contribution in [-0.4, -0.2) is 67.3 Å². The van der Waals surface area contributed by atoms with Crippen LogP contribution in [0.15, 0.2) is 42.5 Å². The molecule has 0 atom stereocenters. The molecule has 1 N–H and O–H groups in total. The number of amides is 1. The average molecular weight is 436 g/mol. The first-order valence-corrected chi connectivity index (χ1v) is 11.2. The molecular formula is C25H29N3O4. The summed E-state index contributed by atoms with van der Waals surface area (Å²) in [4.78, 5) is 20.2. The molecule has 32 heavy (non-hydrogen) atoms. The summed E-state index contributed by atoms with van der Waals surface area (Å²) >= 11 is 0. The number of H-pyrrole nitrogens is 1. The van der Waals surface area contributed by atoms with Gasteiger partial charge in [0.2, 0.25) is 0 Å². The zero-order valence-electron chi connectivity index (χ0n) is 18.4. The number of methoxy groups -OCH3 is 1. The van der Waals surface area contributed by atoms with Crippen molar-refractivity contribution in [1.29, 1.82) is 0 Å². The first-order chi connectivity index (χ1) is 15.7. The molecule has 1 amide bonds. The number of para-hydroxylation sites is 1. The van der Waals surface area contributed by atoms with Crippen LogP contribution in [0.3, 0.4) is 0 Å². The second kappa shape index (κ2) is 9.22. The summed E-state index contributed by atoms with van der Waals surface area (Å²) in [5.74, 6) is 1.22. The Labute approximate surface area is 187 Å². The van der Waals surface area contributed by atoms with Crippen LogP contribution in [-0.2, 0) is 29.0 Å². The van der Waals surface area contributed by atoms with Crippen molar-refractivity contribution >= 4 is 16.8 Å². The van der Waals surface area contributed by atoms with E-state index in [1.807, 2.05) is 12.1 Å². The van der Waals surface area contributed by atoms with Gasteiger partial charge in [-0.25, -0.2) is 0 Å². The van der Waals surface area contributed by atoms with Crippen molar-refractivity contribution in [2.75, 3.05) is 46.6 Å². The van der Waals surface area contributed by atoms with E-state index in [4.69, 9.17) is 14.2 Å². The predicted molar refractivity (Wildman–Crippen MR) is 122 cm³/mol. The molecule has 3 aromatic rings. The van der Waals surface area contributed by atoms with Crippen LogP contribution in [0.2, 0.25) is 0 Å². The van der Waals surface area contributed by atoms with E-state index in [1.165, 1.54) is 22.2 Å². The number of nitrogens with zero attached hydrogens (tertiary/aromatic N) is 2.